The van der Waals surface area contributed by atoms with E-state index in [9.17, 15) is 9.59 Å². The largest absolute Gasteiger partial charge is 0.278 e. The van der Waals surface area contributed by atoms with Gasteiger partial charge in [-0.3, -0.25) is 14.5 Å². The third-order valence-corrected chi connectivity index (χ3v) is 4.08. The molecule has 17 heavy (non-hydrogen) atoms. The summed E-state index contributed by atoms with van der Waals surface area (Å²) < 4.78 is 0. The fourth-order valence-electron chi connectivity index (χ4n) is 1.68. The molecule has 0 fully saturated rings. The number of benzene rings is 1. The second kappa shape index (κ2) is 4.37. The Morgan fingerprint density at radius 2 is 1.71 bits per heavy atom. The van der Waals surface area contributed by atoms with Gasteiger partial charge in [0.25, 0.3) is 11.8 Å². The predicted molar refractivity (Wildman–Crippen MR) is 67.6 cm³/mol. The monoisotopic (exact) mass is 247 g/mol. The lowest BCUT2D eigenvalue weighted by Gasteiger charge is -2.10. The smallest absolute Gasteiger partial charge is 0.267 e. The molecule has 0 atom stereocenters. The van der Waals surface area contributed by atoms with E-state index in [-0.39, 0.29) is 11.8 Å². The van der Waals surface area contributed by atoms with E-state index < -0.39 is 0 Å². The van der Waals surface area contributed by atoms with Crippen LogP contribution in [0, 0.1) is 13.8 Å². The van der Waals surface area contributed by atoms with Crippen LogP contribution in [-0.2, 0) is 9.59 Å². The molecule has 4 heteroatoms. The lowest BCUT2D eigenvalue weighted by molar-refractivity contribution is -0.135. The molecule has 1 aliphatic rings. The zero-order valence-electron chi connectivity index (χ0n) is 9.98. The van der Waals surface area contributed by atoms with Gasteiger partial charge in [0.05, 0.1) is 4.91 Å². The number of imide groups is 1. The summed E-state index contributed by atoms with van der Waals surface area (Å²) in [6.07, 6.45) is 1.40. The summed E-state index contributed by atoms with van der Waals surface area (Å²) in [5.41, 5.74) is 2.23. The number of aryl methyl sites for hydroxylation is 2. The molecule has 0 saturated carbocycles. The molecule has 2 amide bonds. The van der Waals surface area contributed by atoms with Crippen LogP contribution in [0.1, 0.15) is 11.1 Å². The van der Waals surface area contributed by atoms with Crippen LogP contribution in [0.4, 0.5) is 0 Å². The van der Waals surface area contributed by atoms with E-state index in [0.29, 0.717) is 4.91 Å². The summed E-state index contributed by atoms with van der Waals surface area (Å²) in [4.78, 5) is 25.8. The molecule has 0 spiro atoms. The van der Waals surface area contributed by atoms with Gasteiger partial charge in [-0.1, -0.05) is 30.0 Å². The van der Waals surface area contributed by atoms with Crippen molar-refractivity contribution in [2.75, 3.05) is 7.05 Å². The van der Waals surface area contributed by atoms with E-state index in [1.54, 1.807) is 0 Å². The quantitative estimate of drug-likeness (QED) is 0.752. The SMILES string of the molecule is Cc1cccc(C)c1SC1=CC(=O)N(C)C1=O. The molecular weight excluding hydrogens is 234 g/mol. The Labute approximate surface area is 104 Å². The highest BCUT2D eigenvalue weighted by Crippen LogP contribution is 2.34. The van der Waals surface area contributed by atoms with Gasteiger partial charge in [0.2, 0.25) is 0 Å². The number of rotatable bonds is 2. The van der Waals surface area contributed by atoms with Crippen molar-refractivity contribution in [2.45, 2.75) is 18.7 Å². The molecule has 88 valence electrons. The normalized spacial score (nSPS) is 15.5. The van der Waals surface area contributed by atoms with Gasteiger partial charge in [-0.15, -0.1) is 0 Å². The van der Waals surface area contributed by atoms with E-state index in [0.717, 1.165) is 20.9 Å². The van der Waals surface area contributed by atoms with E-state index in [4.69, 9.17) is 0 Å². The van der Waals surface area contributed by atoms with E-state index >= 15 is 0 Å². The van der Waals surface area contributed by atoms with Crippen molar-refractivity contribution in [3.63, 3.8) is 0 Å². The number of hydrogen-bond acceptors (Lipinski definition) is 3. The van der Waals surface area contributed by atoms with Crippen molar-refractivity contribution in [1.82, 2.24) is 4.90 Å². The van der Waals surface area contributed by atoms with Crippen molar-refractivity contribution in [2.24, 2.45) is 0 Å². The summed E-state index contributed by atoms with van der Waals surface area (Å²) >= 11 is 1.37. The lowest BCUT2D eigenvalue weighted by Crippen LogP contribution is -2.25. The Morgan fingerprint density at radius 1 is 1.12 bits per heavy atom. The average Bonchev–Trinajstić information content (AvgIpc) is 2.52. The second-order valence-corrected chi connectivity index (χ2v) is 5.09. The zero-order valence-corrected chi connectivity index (χ0v) is 10.8. The third kappa shape index (κ3) is 2.13. The van der Waals surface area contributed by atoms with Gasteiger partial charge >= 0.3 is 0 Å². The van der Waals surface area contributed by atoms with Gasteiger partial charge in [-0.25, -0.2) is 0 Å². The van der Waals surface area contributed by atoms with Gasteiger partial charge in [-0.05, 0) is 25.0 Å². The molecule has 1 heterocycles. The number of carbonyl (C=O) groups excluding carboxylic acids is 2. The standard InChI is InChI=1S/C13H13NO2S/c1-8-5-4-6-9(2)12(8)17-10-7-11(15)14(3)13(10)16/h4-7H,1-3H3. The maximum Gasteiger partial charge on any atom is 0.267 e. The zero-order chi connectivity index (χ0) is 12.6. The minimum Gasteiger partial charge on any atom is -0.278 e. The van der Waals surface area contributed by atoms with Crippen LogP contribution < -0.4 is 0 Å². The molecule has 1 aromatic carbocycles. The number of nitrogens with zero attached hydrogens (tertiary/aromatic N) is 1. The molecule has 2 rings (SSSR count). The van der Waals surface area contributed by atoms with Gasteiger partial charge in [0.15, 0.2) is 0 Å². The van der Waals surface area contributed by atoms with Crippen molar-refractivity contribution in [1.29, 1.82) is 0 Å². The number of likely N-dealkylation sites (N-methyl/N-ethyl adjacent to an activating group) is 1. The van der Waals surface area contributed by atoms with Crippen LogP contribution in [0.2, 0.25) is 0 Å². The lowest BCUT2D eigenvalue weighted by atomic mass is 10.2. The molecule has 3 nitrogen and oxygen atoms in total. The Morgan fingerprint density at radius 3 is 2.18 bits per heavy atom. The second-order valence-electron chi connectivity index (χ2n) is 4.03. The fourth-order valence-corrected chi connectivity index (χ4v) is 2.74. The highest BCUT2D eigenvalue weighted by atomic mass is 32.2. The summed E-state index contributed by atoms with van der Waals surface area (Å²) in [5.74, 6) is -0.466. The first-order valence-corrected chi connectivity index (χ1v) is 6.10. The molecule has 0 aromatic heterocycles. The molecule has 0 unspecified atom stereocenters. The molecule has 0 aliphatic carbocycles. The predicted octanol–water partition coefficient (Wildman–Crippen LogP) is 2.28. The van der Waals surface area contributed by atoms with Crippen LogP contribution in [0.5, 0.6) is 0 Å². The van der Waals surface area contributed by atoms with Crippen molar-refractivity contribution in [3.05, 3.63) is 40.3 Å². The number of thioether (sulfide) groups is 1. The highest BCUT2D eigenvalue weighted by molar-refractivity contribution is 8.04. The molecule has 0 N–H and O–H groups in total. The first-order valence-electron chi connectivity index (χ1n) is 5.28. The number of carbonyl (C=O) groups is 2. The van der Waals surface area contributed by atoms with E-state index in [1.807, 2.05) is 32.0 Å². The van der Waals surface area contributed by atoms with Crippen LogP contribution in [0.25, 0.3) is 0 Å². The number of amides is 2. The van der Waals surface area contributed by atoms with Gasteiger partial charge in [-0.2, -0.15) is 0 Å². The van der Waals surface area contributed by atoms with Crippen molar-refractivity contribution in [3.8, 4) is 0 Å². The summed E-state index contributed by atoms with van der Waals surface area (Å²) in [5, 5.41) is 0. The van der Waals surface area contributed by atoms with Gasteiger partial charge < -0.3 is 0 Å². The number of hydrogen-bond donors (Lipinski definition) is 0. The first-order chi connectivity index (χ1) is 8.00. The van der Waals surface area contributed by atoms with E-state index in [2.05, 4.69) is 0 Å². The fraction of sp³-hybridized carbons (Fsp3) is 0.231. The highest BCUT2D eigenvalue weighted by Gasteiger charge is 2.28. The Hall–Kier alpha value is -1.55. The van der Waals surface area contributed by atoms with Crippen LogP contribution >= 0.6 is 11.8 Å². The first kappa shape index (κ1) is 11.9. The van der Waals surface area contributed by atoms with Crippen molar-refractivity contribution >= 4 is 23.6 Å². The molecule has 1 aliphatic heterocycles. The maximum atomic E-state index is 11.8. The van der Waals surface area contributed by atoms with Gasteiger partial charge in [0, 0.05) is 18.0 Å². The maximum absolute atomic E-state index is 11.8. The molecule has 0 radical (unpaired) electrons. The molecule has 0 bridgehead atoms. The Kier molecular flexibility index (Phi) is 3.07. The topological polar surface area (TPSA) is 37.4 Å². The minimum absolute atomic E-state index is 0.220. The van der Waals surface area contributed by atoms with Crippen molar-refractivity contribution < 1.29 is 9.59 Å². The average molecular weight is 247 g/mol. The van der Waals surface area contributed by atoms with Crippen LogP contribution in [0.15, 0.2) is 34.1 Å². The van der Waals surface area contributed by atoms with Crippen LogP contribution in [-0.4, -0.2) is 23.8 Å². The summed E-state index contributed by atoms with van der Waals surface area (Å²) in [6, 6.07) is 5.98. The Bertz CT molecular complexity index is 514. The van der Waals surface area contributed by atoms with Crippen LogP contribution in [0.3, 0.4) is 0 Å². The van der Waals surface area contributed by atoms with Gasteiger partial charge in [0.1, 0.15) is 0 Å². The van der Waals surface area contributed by atoms with E-state index in [1.165, 1.54) is 24.9 Å². The third-order valence-electron chi connectivity index (χ3n) is 2.72. The minimum atomic E-state index is -0.247. The summed E-state index contributed by atoms with van der Waals surface area (Å²) in [6.45, 7) is 4.00. The molecular formula is C13H13NO2S. The molecule has 1 aromatic rings. The summed E-state index contributed by atoms with van der Waals surface area (Å²) in [7, 11) is 1.50. The molecule has 0 saturated heterocycles. The Balaban J connectivity index is 2.32.